The summed E-state index contributed by atoms with van der Waals surface area (Å²) in [7, 11) is 0. The lowest BCUT2D eigenvalue weighted by Gasteiger charge is -2.11. The first-order valence-electron chi connectivity index (χ1n) is 8.21. The van der Waals surface area contributed by atoms with Crippen molar-refractivity contribution in [3.8, 4) is 5.75 Å². The van der Waals surface area contributed by atoms with Gasteiger partial charge in [0.05, 0.1) is 6.61 Å². The van der Waals surface area contributed by atoms with Gasteiger partial charge >= 0.3 is 0 Å². The molecule has 0 radical (unpaired) electrons. The highest BCUT2D eigenvalue weighted by Crippen LogP contribution is 2.15. The van der Waals surface area contributed by atoms with Crippen LogP contribution in [0.5, 0.6) is 5.75 Å². The highest BCUT2D eigenvalue weighted by molar-refractivity contribution is 7.80. The number of nitrogens with one attached hydrogen (secondary N) is 3. The van der Waals surface area contributed by atoms with Gasteiger partial charge in [0.2, 0.25) is 5.91 Å². The number of thiocarbonyl (C=S) groups is 1. The maximum Gasteiger partial charge on any atom is 0.257 e. The minimum atomic E-state index is -0.320. The molecule has 0 bridgehead atoms. The van der Waals surface area contributed by atoms with Gasteiger partial charge in [-0.25, -0.2) is 0 Å². The highest BCUT2D eigenvalue weighted by atomic mass is 32.1. The standard InChI is InChI=1S/C19H21N3O3S/c1-3-11-25-17-6-4-5-14(12-17)18(24)22-19(26)21-16-9-7-15(8-10-16)20-13(2)23/h4-10,12H,3,11H2,1-2H3,(H,20,23)(H2,21,22,24,26). The Balaban J connectivity index is 1.92. The molecule has 3 N–H and O–H groups in total. The molecule has 2 rings (SSSR count). The van der Waals surface area contributed by atoms with Gasteiger partial charge in [-0.2, -0.15) is 0 Å². The van der Waals surface area contributed by atoms with Crippen LogP contribution in [0.3, 0.4) is 0 Å². The fourth-order valence-corrected chi connectivity index (χ4v) is 2.34. The van der Waals surface area contributed by atoms with Crippen LogP contribution >= 0.6 is 12.2 Å². The number of benzene rings is 2. The third kappa shape index (κ3) is 6.18. The van der Waals surface area contributed by atoms with Crippen molar-refractivity contribution in [2.75, 3.05) is 17.2 Å². The van der Waals surface area contributed by atoms with Crippen LogP contribution in [0.15, 0.2) is 48.5 Å². The molecular formula is C19H21N3O3S. The van der Waals surface area contributed by atoms with E-state index >= 15 is 0 Å². The largest absolute Gasteiger partial charge is 0.494 e. The van der Waals surface area contributed by atoms with E-state index in [1.807, 2.05) is 6.92 Å². The molecule has 26 heavy (non-hydrogen) atoms. The topological polar surface area (TPSA) is 79.5 Å². The first kappa shape index (κ1) is 19.4. The Kier molecular flexibility index (Phi) is 7.11. The molecule has 0 atom stereocenters. The quantitative estimate of drug-likeness (QED) is 0.677. The molecule has 0 aliphatic rings. The molecule has 0 fully saturated rings. The molecule has 0 saturated heterocycles. The van der Waals surface area contributed by atoms with Crippen molar-refractivity contribution in [2.24, 2.45) is 0 Å². The zero-order chi connectivity index (χ0) is 18.9. The van der Waals surface area contributed by atoms with Crippen LogP contribution in [0.4, 0.5) is 11.4 Å². The van der Waals surface area contributed by atoms with E-state index in [4.69, 9.17) is 17.0 Å². The van der Waals surface area contributed by atoms with Crippen LogP contribution in [0.1, 0.15) is 30.6 Å². The van der Waals surface area contributed by atoms with E-state index in [0.29, 0.717) is 29.3 Å². The molecule has 136 valence electrons. The van der Waals surface area contributed by atoms with Gasteiger partial charge in [0.1, 0.15) is 5.75 Å². The van der Waals surface area contributed by atoms with Gasteiger partial charge in [-0.3, -0.25) is 14.9 Å². The van der Waals surface area contributed by atoms with Gasteiger partial charge < -0.3 is 15.4 Å². The molecule has 0 aliphatic carbocycles. The molecule has 0 unspecified atom stereocenters. The van der Waals surface area contributed by atoms with Crippen LogP contribution in [0, 0.1) is 0 Å². The third-order valence-corrected chi connectivity index (χ3v) is 3.46. The Morgan fingerprint density at radius 2 is 1.69 bits per heavy atom. The minimum absolute atomic E-state index is 0.140. The molecule has 7 heteroatoms. The van der Waals surface area contributed by atoms with E-state index in [2.05, 4.69) is 16.0 Å². The zero-order valence-electron chi connectivity index (χ0n) is 14.7. The monoisotopic (exact) mass is 371 g/mol. The lowest BCUT2D eigenvalue weighted by molar-refractivity contribution is -0.114. The first-order chi connectivity index (χ1) is 12.5. The van der Waals surface area contributed by atoms with Gasteiger partial charge in [-0.1, -0.05) is 13.0 Å². The lowest BCUT2D eigenvalue weighted by atomic mass is 10.2. The predicted octanol–water partition coefficient (Wildman–Crippen LogP) is 3.56. The number of rotatable bonds is 6. The molecular weight excluding hydrogens is 350 g/mol. The number of hydrogen-bond acceptors (Lipinski definition) is 4. The highest BCUT2D eigenvalue weighted by Gasteiger charge is 2.09. The Labute approximate surface area is 157 Å². The summed E-state index contributed by atoms with van der Waals surface area (Å²) in [5.41, 5.74) is 1.84. The van der Waals surface area contributed by atoms with E-state index in [-0.39, 0.29) is 16.9 Å². The second-order valence-corrected chi connectivity index (χ2v) is 5.95. The molecule has 0 spiro atoms. The average Bonchev–Trinajstić information content (AvgIpc) is 2.61. The Morgan fingerprint density at radius 1 is 1.04 bits per heavy atom. The van der Waals surface area contributed by atoms with Crippen LogP contribution in [0.25, 0.3) is 0 Å². The predicted molar refractivity (Wildman–Crippen MR) is 107 cm³/mol. The smallest absolute Gasteiger partial charge is 0.257 e. The van der Waals surface area contributed by atoms with Gasteiger partial charge in [-0.05, 0) is 61.1 Å². The van der Waals surface area contributed by atoms with Crippen LogP contribution in [-0.4, -0.2) is 23.5 Å². The average molecular weight is 371 g/mol. The molecule has 0 aromatic heterocycles. The fourth-order valence-electron chi connectivity index (χ4n) is 2.12. The zero-order valence-corrected chi connectivity index (χ0v) is 15.5. The number of carbonyl (C=O) groups is 2. The molecule has 0 saturated carbocycles. The van der Waals surface area contributed by atoms with Gasteiger partial charge in [0, 0.05) is 23.9 Å². The fraction of sp³-hybridized carbons (Fsp3) is 0.211. The van der Waals surface area contributed by atoms with Crippen molar-refractivity contribution >= 4 is 40.5 Å². The summed E-state index contributed by atoms with van der Waals surface area (Å²) in [6.07, 6.45) is 0.894. The Morgan fingerprint density at radius 3 is 2.31 bits per heavy atom. The lowest BCUT2D eigenvalue weighted by Crippen LogP contribution is -2.34. The Bertz CT molecular complexity index is 791. The summed E-state index contributed by atoms with van der Waals surface area (Å²) in [4.78, 5) is 23.3. The number of carbonyl (C=O) groups excluding carboxylic acids is 2. The van der Waals surface area contributed by atoms with Gasteiger partial charge in [-0.15, -0.1) is 0 Å². The van der Waals surface area contributed by atoms with E-state index < -0.39 is 0 Å². The summed E-state index contributed by atoms with van der Waals surface area (Å²) in [6, 6.07) is 13.9. The van der Waals surface area contributed by atoms with E-state index in [0.717, 1.165) is 6.42 Å². The minimum Gasteiger partial charge on any atom is -0.494 e. The van der Waals surface area contributed by atoms with E-state index in [1.165, 1.54) is 6.92 Å². The SMILES string of the molecule is CCCOc1cccc(C(=O)NC(=S)Nc2ccc(NC(C)=O)cc2)c1. The van der Waals surface area contributed by atoms with Crippen molar-refractivity contribution in [1.29, 1.82) is 0 Å². The molecule has 2 amide bonds. The van der Waals surface area contributed by atoms with Crippen LogP contribution in [0.2, 0.25) is 0 Å². The number of amides is 2. The number of ether oxygens (including phenoxy) is 1. The summed E-state index contributed by atoms with van der Waals surface area (Å²) >= 11 is 5.17. The summed E-state index contributed by atoms with van der Waals surface area (Å²) < 4.78 is 5.53. The van der Waals surface area contributed by atoms with Crippen molar-refractivity contribution in [1.82, 2.24) is 5.32 Å². The maximum absolute atomic E-state index is 12.3. The van der Waals surface area contributed by atoms with Crippen molar-refractivity contribution < 1.29 is 14.3 Å². The summed E-state index contributed by atoms with van der Waals surface area (Å²) in [6.45, 7) is 4.06. The maximum atomic E-state index is 12.3. The van der Waals surface area contributed by atoms with Crippen LogP contribution in [-0.2, 0) is 4.79 Å². The van der Waals surface area contributed by atoms with Crippen molar-refractivity contribution in [2.45, 2.75) is 20.3 Å². The summed E-state index contributed by atoms with van der Waals surface area (Å²) in [5.74, 6) is 0.185. The van der Waals surface area contributed by atoms with Gasteiger partial charge in [0.15, 0.2) is 5.11 Å². The van der Waals surface area contributed by atoms with E-state index in [9.17, 15) is 9.59 Å². The van der Waals surface area contributed by atoms with Crippen LogP contribution < -0.4 is 20.7 Å². The normalized spacial score (nSPS) is 9.92. The molecule has 6 nitrogen and oxygen atoms in total. The second-order valence-electron chi connectivity index (χ2n) is 5.54. The molecule has 2 aromatic rings. The van der Waals surface area contributed by atoms with Gasteiger partial charge in [0.25, 0.3) is 5.91 Å². The van der Waals surface area contributed by atoms with Crippen molar-refractivity contribution in [3.63, 3.8) is 0 Å². The Hall–Kier alpha value is -2.93. The molecule has 0 heterocycles. The second kappa shape index (κ2) is 9.53. The first-order valence-corrected chi connectivity index (χ1v) is 8.61. The number of anilines is 2. The van der Waals surface area contributed by atoms with Crippen molar-refractivity contribution in [3.05, 3.63) is 54.1 Å². The molecule has 0 aliphatic heterocycles. The number of hydrogen-bond donors (Lipinski definition) is 3. The van der Waals surface area contributed by atoms with E-state index in [1.54, 1.807) is 48.5 Å². The third-order valence-electron chi connectivity index (χ3n) is 3.26. The molecule has 2 aromatic carbocycles. The summed E-state index contributed by atoms with van der Waals surface area (Å²) in [5, 5.41) is 8.42.